The van der Waals surface area contributed by atoms with Crippen LogP contribution in [0.1, 0.15) is 31.1 Å². The smallest absolute Gasteiger partial charge is 0.340 e. The lowest BCUT2D eigenvalue weighted by molar-refractivity contribution is 0.00691. The van der Waals surface area contributed by atoms with E-state index >= 15 is 0 Å². The van der Waals surface area contributed by atoms with Crippen LogP contribution in [-0.2, 0) is 4.74 Å². The molecule has 0 amide bonds. The Hall–Kier alpha value is -2.67. The van der Waals surface area contributed by atoms with Crippen LogP contribution in [0.4, 0.5) is 0 Å². The van der Waals surface area contributed by atoms with Gasteiger partial charge in [0, 0.05) is 16.9 Å². The largest absolute Gasteiger partial charge is 0.456 e. The molecule has 134 valence electrons. The third-order valence-electron chi connectivity index (χ3n) is 3.54. The van der Waals surface area contributed by atoms with Crippen LogP contribution in [0.5, 0.6) is 0 Å². The summed E-state index contributed by atoms with van der Waals surface area (Å²) in [6, 6.07) is 10.7. The number of nitrogens with one attached hydrogen (secondary N) is 1. The molecule has 0 saturated carbocycles. The fraction of sp³-hybridized carbons (Fsp3) is 0.211. The summed E-state index contributed by atoms with van der Waals surface area (Å²) in [7, 11) is 0. The Labute approximate surface area is 159 Å². The van der Waals surface area contributed by atoms with Crippen LogP contribution < -0.4 is 5.56 Å². The number of esters is 1. The van der Waals surface area contributed by atoms with Crippen molar-refractivity contribution in [1.29, 1.82) is 0 Å². The molecule has 1 N–H and O–H groups in total. The molecule has 0 atom stereocenters. The lowest BCUT2D eigenvalue weighted by Gasteiger charge is -2.19. The van der Waals surface area contributed by atoms with Crippen LogP contribution in [0.3, 0.4) is 0 Å². The molecule has 7 heteroatoms. The minimum atomic E-state index is -0.578. The van der Waals surface area contributed by atoms with Gasteiger partial charge in [-0.05, 0) is 50.6 Å². The highest BCUT2D eigenvalue weighted by atomic mass is 79.9. The molecule has 26 heavy (non-hydrogen) atoms. The van der Waals surface area contributed by atoms with Gasteiger partial charge in [-0.2, -0.15) is 0 Å². The number of carbonyl (C=O) groups is 1. The molecular weight excluding hydrogens is 398 g/mol. The monoisotopic (exact) mass is 415 g/mol. The van der Waals surface area contributed by atoms with Gasteiger partial charge < -0.3 is 4.74 Å². The van der Waals surface area contributed by atoms with Crippen molar-refractivity contribution in [3.05, 3.63) is 69.2 Å². The van der Waals surface area contributed by atoms with E-state index in [2.05, 4.69) is 26.0 Å². The molecule has 0 aliphatic rings. The van der Waals surface area contributed by atoms with E-state index in [1.54, 1.807) is 39.1 Å². The van der Waals surface area contributed by atoms with E-state index in [4.69, 9.17) is 4.74 Å². The highest BCUT2D eigenvalue weighted by Gasteiger charge is 2.18. The quantitative estimate of drug-likeness (QED) is 0.657. The minimum absolute atomic E-state index is 0.218. The first-order valence-corrected chi connectivity index (χ1v) is 8.80. The Morgan fingerprint density at radius 2 is 1.85 bits per heavy atom. The summed E-state index contributed by atoms with van der Waals surface area (Å²) in [6.07, 6.45) is 3.03. The number of hydrogen-bond donors (Lipinski definition) is 1. The molecule has 0 aliphatic carbocycles. The first-order valence-electron chi connectivity index (χ1n) is 8.01. The van der Waals surface area contributed by atoms with Gasteiger partial charge in [0.05, 0.1) is 11.1 Å². The van der Waals surface area contributed by atoms with Crippen molar-refractivity contribution in [3.63, 3.8) is 0 Å². The summed E-state index contributed by atoms with van der Waals surface area (Å²) in [4.78, 5) is 28.9. The van der Waals surface area contributed by atoms with Gasteiger partial charge in [-0.25, -0.2) is 14.5 Å². The summed E-state index contributed by atoms with van der Waals surface area (Å²) < 4.78 is 7.58. The lowest BCUT2D eigenvalue weighted by Crippen LogP contribution is -2.24. The Morgan fingerprint density at radius 1 is 1.15 bits per heavy atom. The first-order chi connectivity index (χ1) is 12.2. The number of nitrogens with zero attached hydrogens (tertiary/aromatic N) is 2. The van der Waals surface area contributed by atoms with Gasteiger partial charge in [0.25, 0.3) is 5.56 Å². The van der Waals surface area contributed by atoms with E-state index in [0.29, 0.717) is 16.9 Å². The highest BCUT2D eigenvalue weighted by molar-refractivity contribution is 9.10. The van der Waals surface area contributed by atoms with Crippen LogP contribution in [0.25, 0.3) is 16.9 Å². The molecule has 0 fully saturated rings. The van der Waals surface area contributed by atoms with Crippen LogP contribution >= 0.6 is 15.9 Å². The number of aromatic nitrogens is 3. The second kappa shape index (κ2) is 6.92. The summed E-state index contributed by atoms with van der Waals surface area (Å²) in [5, 5.41) is 2.90. The van der Waals surface area contributed by atoms with Gasteiger partial charge in [0.1, 0.15) is 5.60 Å². The highest BCUT2D eigenvalue weighted by Crippen LogP contribution is 2.19. The van der Waals surface area contributed by atoms with Crippen molar-refractivity contribution in [1.82, 2.24) is 14.8 Å². The Kier molecular flexibility index (Phi) is 4.82. The summed E-state index contributed by atoms with van der Waals surface area (Å²) in [6.45, 7) is 5.40. The Morgan fingerprint density at radius 3 is 2.42 bits per heavy atom. The second-order valence-electron chi connectivity index (χ2n) is 6.74. The summed E-state index contributed by atoms with van der Waals surface area (Å²) >= 11 is 3.38. The normalized spacial score (nSPS) is 11.4. The Bertz CT molecular complexity index is 981. The molecule has 0 bridgehead atoms. The van der Waals surface area contributed by atoms with Crippen LogP contribution in [0, 0.1) is 0 Å². The summed E-state index contributed by atoms with van der Waals surface area (Å²) in [5.41, 5.74) is 0.876. The number of hydrogen-bond acceptors (Lipinski definition) is 4. The van der Waals surface area contributed by atoms with E-state index in [9.17, 15) is 9.59 Å². The minimum Gasteiger partial charge on any atom is -0.456 e. The standard InChI is InChI=1S/C19H18BrN3O3/c1-19(2,3)26-18(25)13-6-9-16(21-10-13)23-17(24)15(11-22-23)12-4-7-14(20)8-5-12/h4-11,22H,1-3H3. The SMILES string of the molecule is CC(C)(C)OC(=O)c1ccc(-n2[nH]cc(-c3ccc(Br)cc3)c2=O)nc1. The third kappa shape index (κ3) is 3.94. The number of H-pyrrole nitrogens is 1. The average molecular weight is 416 g/mol. The van der Waals surface area contributed by atoms with Gasteiger partial charge in [0.15, 0.2) is 5.82 Å². The lowest BCUT2D eigenvalue weighted by atomic mass is 10.1. The van der Waals surface area contributed by atoms with Crippen LogP contribution in [-0.4, -0.2) is 26.3 Å². The van der Waals surface area contributed by atoms with Gasteiger partial charge in [-0.15, -0.1) is 0 Å². The van der Waals surface area contributed by atoms with Crippen LogP contribution in [0.2, 0.25) is 0 Å². The van der Waals surface area contributed by atoms with Crippen molar-refractivity contribution in [2.75, 3.05) is 0 Å². The van der Waals surface area contributed by atoms with Crippen molar-refractivity contribution in [3.8, 4) is 16.9 Å². The molecule has 0 spiro atoms. The maximum absolute atomic E-state index is 12.6. The van der Waals surface area contributed by atoms with Gasteiger partial charge in [0.2, 0.25) is 0 Å². The third-order valence-corrected chi connectivity index (χ3v) is 4.07. The predicted octanol–water partition coefficient (Wildman–Crippen LogP) is 3.95. The molecule has 2 aromatic heterocycles. The van der Waals surface area contributed by atoms with Gasteiger partial charge in [-0.3, -0.25) is 9.89 Å². The number of carbonyl (C=O) groups excluding carboxylic acids is 1. The molecule has 0 unspecified atom stereocenters. The van der Waals surface area contributed by atoms with Gasteiger partial charge in [-0.1, -0.05) is 28.1 Å². The molecule has 1 aromatic carbocycles. The number of benzene rings is 1. The molecule has 0 aliphatic heterocycles. The molecule has 0 saturated heterocycles. The molecule has 2 heterocycles. The van der Waals surface area contributed by atoms with E-state index in [0.717, 1.165) is 10.0 Å². The fourth-order valence-corrected chi connectivity index (χ4v) is 2.62. The first kappa shape index (κ1) is 18.1. The van der Waals surface area contributed by atoms with E-state index in [1.165, 1.54) is 10.9 Å². The average Bonchev–Trinajstić information content (AvgIpc) is 2.96. The van der Waals surface area contributed by atoms with Crippen molar-refractivity contribution in [2.24, 2.45) is 0 Å². The zero-order chi connectivity index (χ0) is 18.9. The van der Waals surface area contributed by atoms with Crippen molar-refractivity contribution < 1.29 is 9.53 Å². The summed E-state index contributed by atoms with van der Waals surface area (Å²) in [5.74, 6) is -0.0587. The number of pyridine rings is 1. The Balaban J connectivity index is 1.88. The van der Waals surface area contributed by atoms with Crippen molar-refractivity contribution >= 4 is 21.9 Å². The number of aromatic amines is 1. The topological polar surface area (TPSA) is 77.0 Å². The zero-order valence-electron chi connectivity index (χ0n) is 14.6. The van der Waals surface area contributed by atoms with E-state index in [-0.39, 0.29) is 5.56 Å². The van der Waals surface area contributed by atoms with Gasteiger partial charge >= 0.3 is 5.97 Å². The number of ether oxygens (including phenoxy) is 1. The molecule has 3 aromatic rings. The number of halogens is 1. The molecular formula is C19H18BrN3O3. The van der Waals surface area contributed by atoms with Crippen molar-refractivity contribution in [2.45, 2.75) is 26.4 Å². The maximum Gasteiger partial charge on any atom is 0.340 e. The zero-order valence-corrected chi connectivity index (χ0v) is 16.2. The molecule has 3 rings (SSSR count). The van der Waals surface area contributed by atoms with Crippen LogP contribution in [0.15, 0.2) is 58.1 Å². The second-order valence-corrected chi connectivity index (χ2v) is 7.66. The fourth-order valence-electron chi connectivity index (χ4n) is 2.35. The van der Waals surface area contributed by atoms with E-state index in [1.807, 2.05) is 24.3 Å². The molecule has 6 nitrogen and oxygen atoms in total. The predicted molar refractivity (Wildman–Crippen MR) is 102 cm³/mol. The number of rotatable bonds is 3. The maximum atomic E-state index is 12.6. The van der Waals surface area contributed by atoms with E-state index < -0.39 is 11.6 Å². The molecule has 0 radical (unpaired) electrons.